The molecule has 0 spiro atoms. The Morgan fingerprint density at radius 1 is 1.32 bits per heavy atom. The van der Waals surface area contributed by atoms with E-state index in [4.69, 9.17) is 10.00 Å². The molecule has 28 heavy (non-hydrogen) atoms. The number of nitriles is 1. The molecule has 1 saturated carbocycles. The summed E-state index contributed by atoms with van der Waals surface area (Å²) in [6.45, 7) is 1.35. The van der Waals surface area contributed by atoms with Crippen molar-refractivity contribution >= 4 is 11.6 Å². The Kier molecular flexibility index (Phi) is 4.49. The molecule has 3 atom stereocenters. The summed E-state index contributed by atoms with van der Waals surface area (Å²) in [6.07, 6.45) is 0.664. The largest absolute Gasteiger partial charge is 0.458 e. The Labute approximate surface area is 157 Å². The average molecular weight is 396 g/mol. The molecule has 2 aromatic heterocycles. The van der Waals surface area contributed by atoms with Crippen molar-refractivity contribution in [2.75, 3.05) is 18.4 Å². The maximum Gasteiger partial charge on any atom is 0.446 e. The van der Waals surface area contributed by atoms with Gasteiger partial charge in [0.2, 0.25) is 11.8 Å². The number of halogens is 4. The molecule has 2 fully saturated rings. The number of ether oxygens (including phenoxy) is 1. The number of hydrogen-bond donors (Lipinski definition) is 1. The lowest BCUT2D eigenvalue weighted by atomic mass is 9.92. The van der Waals surface area contributed by atoms with Crippen molar-refractivity contribution in [2.24, 2.45) is 11.8 Å². The molecule has 0 aromatic carbocycles. The fourth-order valence-corrected chi connectivity index (χ4v) is 3.91. The topological polar surface area (TPSA) is 78.5 Å². The number of anilines is 1. The minimum atomic E-state index is -5.11. The van der Waals surface area contributed by atoms with Crippen molar-refractivity contribution in [1.29, 1.82) is 5.26 Å². The predicted octanol–water partition coefficient (Wildman–Crippen LogP) is 3.08. The van der Waals surface area contributed by atoms with Crippen LogP contribution in [0, 0.1) is 23.3 Å². The molecule has 148 valence electrons. The molecule has 1 aliphatic carbocycles. The lowest BCUT2D eigenvalue weighted by Gasteiger charge is -2.35. The monoisotopic (exact) mass is 396 g/mol. The lowest BCUT2D eigenvalue weighted by molar-refractivity contribution is -0.110. The summed E-state index contributed by atoms with van der Waals surface area (Å²) in [6, 6.07) is 3.01. The van der Waals surface area contributed by atoms with E-state index < -0.39 is 12.0 Å². The number of rotatable bonds is 4. The molecule has 3 heterocycles. The number of alkyl halides is 3. The number of pyridine rings is 1. The summed E-state index contributed by atoms with van der Waals surface area (Å²) in [5.74, 6) is -1.49. The zero-order valence-corrected chi connectivity index (χ0v) is 14.5. The smallest absolute Gasteiger partial charge is 0.446 e. The van der Waals surface area contributed by atoms with Crippen molar-refractivity contribution in [3.05, 3.63) is 30.4 Å². The van der Waals surface area contributed by atoms with Gasteiger partial charge in [0, 0.05) is 25.3 Å². The first kappa shape index (κ1) is 18.3. The number of likely N-dealkylation sites (tertiary alicyclic amines) is 1. The van der Waals surface area contributed by atoms with Crippen LogP contribution in [0.15, 0.2) is 30.4 Å². The maximum atomic E-state index is 13.0. The summed E-state index contributed by atoms with van der Waals surface area (Å²) < 4.78 is 56.0. The fraction of sp³-hybridized carbons (Fsp3) is 0.471. The molecule has 0 radical (unpaired) electrons. The molecule has 0 unspecified atom stereocenters. The average Bonchev–Trinajstić information content (AvgIpc) is 3.16. The number of nitrogens with zero attached hydrogens (tertiary/aromatic N) is 5. The maximum absolute atomic E-state index is 13.0. The molecule has 2 aromatic rings. The Balaban J connectivity index is 1.54. The van der Waals surface area contributed by atoms with Crippen LogP contribution in [0.4, 0.5) is 23.5 Å². The van der Waals surface area contributed by atoms with Crippen molar-refractivity contribution in [3.63, 3.8) is 0 Å². The van der Waals surface area contributed by atoms with Crippen LogP contribution in [-0.2, 0) is 0 Å². The standard InChI is InChI=1S/C17H16F4N6O/c18-13(17(19,20)21)8-28-12-2-1-5-27-15(12)24-16(25-27)23-14-10-3-4-11(14)7-26(6-10)9-22/h1-2,5,8,10-11,14H,3-4,6-7H2,(H,23,25)/b13-8-/t10-,11+,14-. The second kappa shape index (κ2) is 6.85. The molecule has 11 heteroatoms. The van der Waals surface area contributed by atoms with Gasteiger partial charge in [-0.2, -0.15) is 27.8 Å². The normalized spacial score (nSPS) is 25.0. The number of allylic oxidation sites excluding steroid dienone is 1. The number of hydrogen-bond acceptors (Lipinski definition) is 6. The first-order valence-corrected chi connectivity index (χ1v) is 8.71. The first-order valence-electron chi connectivity index (χ1n) is 8.71. The molecular weight excluding hydrogens is 380 g/mol. The van der Waals surface area contributed by atoms with Crippen LogP contribution < -0.4 is 10.1 Å². The van der Waals surface area contributed by atoms with Gasteiger partial charge in [-0.3, -0.25) is 0 Å². The minimum absolute atomic E-state index is 0.00888. The molecule has 4 rings (SSSR count). The van der Waals surface area contributed by atoms with Gasteiger partial charge in [-0.25, -0.2) is 4.52 Å². The molecule has 1 aliphatic heterocycles. The summed E-state index contributed by atoms with van der Waals surface area (Å²) >= 11 is 0. The minimum Gasteiger partial charge on any atom is -0.458 e. The Morgan fingerprint density at radius 3 is 2.68 bits per heavy atom. The quantitative estimate of drug-likeness (QED) is 0.486. The van der Waals surface area contributed by atoms with Gasteiger partial charge in [-0.05, 0) is 36.8 Å². The summed E-state index contributed by atoms with van der Waals surface area (Å²) in [5.41, 5.74) is 0.165. The van der Waals surface area contributed by atoms with Crippen LogP contribution in [0.1, 0.15) is 12.8 Å². The van der Waals surface area contributed by atoms with Crippen LogP contribution in [0.25, 0.3) is 5.65 Å². The van der Waals surface area contributed by atoms with Crippen LogP contribution in [0.5, 0.6) is 5.75 Å². The highest BCUT2D eigenvalue weighted by molar-refractivity contribution is 5.56. The Morgan fingerprint density at radius 2 is 2.04 bits per heavy atom. The van der Waals surface area contributed by atoms with Crippen molar-refractivity contribution in [3.8, 4) is 11.9 Å². The molecule has 2 bridgehead atoms. The number of aromatic nitrogens is 3. The lowest BCUT2D eigenvalue weighted by Crippen LogP contribution is -2.46. The summed E-state index contributed by atoms with van der Waals surface area (Å²) in [4.78, 5) is 6.04. The van der Waals surface area contributed by atoms with E-state index >= 15 is 0 Å². The first-order chi connectivity index (χ1) is 13.3. The SMILES string of the molecule is N#CN1C[C@H]2CC[C@@H](C1)[C@@H]2Nc1nc2c(O/C=C(\F)C(F)(F)F)cccn2n1. The van der Waals surface area contributed by atoms with E-state index in [0.717, 1.165) is 12.8 Å². The van der Waals surface area contributed by atoms with Crippen molar-refractivity contribution < 1.29 is 22.3 Å². The second-order valence-electron chi connectivity index (χ2n) is 6.93. The highest BCUT2D eigenvalue weighted by atomic mass is 19.4. The van der Waals surface area contributed by atoms with Crippen LogP contribution >= 0.6 is 0 Å². The van der Waals surface area contributed by atoms with Gasteiger partial charge in [-0.1, -0.05) is 0 Å². The van der Waals surface area contributed by atoms with E-state index in [0.29, 0.717) is 30.9 Å². The third-order valence-electron chi connectivity index (χ3n) is 5.16. The molecule has 2 aliphatic rings. The summed E-state index contributed by atoms with van der Waals surface area (Å²) in [7, 11) is 0. The van der Waals surface area contributed by atoms with Gasteiger partial charge in [0.15, 0.2) is 17.6 Å². The van der Waals surface area contributed by atoms with Gasteiger partial charge in [0.1, 0.15) is 6.26 Å². The number of fused-ring (bicyclic) bond motifs is 3. The van der Waals surface area contributed by atoms with E-state index in [1.54, 1.807) is 11.1 Å². The fourth-order valence-electron chi connectivity index (χ4n) is 3.91. The van der Waals surface area contributed by atoms with Crippen LogP contribution in [-0.4, -0.2) is 44.8 Å². The van der Waals surface area contributed by atoms with Gasteiger partial charge < -0.3 is 15.0 Å². The van der Waals surface area contributed by atoms with Crippen LogP contribution in [0.2, 0.25) is 0 Å². The molecule has 1 saturated heterocycles. The van der Waals surface area contributed by atoms with E-state index in [-0.39, 0.29) is 23.7 Å². The van der Waals surface area contributed by atoms with E-state index in [1.807, 2.05) is 0 Å². The third-order valence-corrected chi connectivity index (χ3v) is 5.16. The molecule has 0 amide bonds. The Bertz CT molecular complexity index is 935. The Hall–Kier alpha value is -3.03. The number of piperidine rings is 1. The zero-order valence-electron chi connectivity index (χ0n) is 14.5. The van der Waals surface area contributed by atoms with Gasteiger partial charge in [0.05, 0.1) is 0 Å². The van der Waals surface area contributed by atoms with E-state index in [2.05, 4.69) is 21.6 Å². The zero-order chi connectivity index (χ0) is 19.9. The van der Waals surface area contributed by atoms with Crippen LogP contribution in [0.3, 0.4) is 0 Å². The number of nitrogens with one attached hydrogen (secondary N) is 1. The van der Waals surface area contributed by atoms with Gasteiger partial charge in [0.25, 0.3) is 0 Å². The second-order valence-corrected chi connectivity index (χ2v) is 6.93. The molecule has 1 N–H and O–H groups in total. The van der Waals surface area contributed by atoms with E-state index in [9.17, 15) is 17.6 Å². The highest BCUT2D eigenvalue weighted by Crippen LogP contribution is 2.38. The molecule has 7 nitrogen and oxygen atoms in total. The predicted molar refractivity (Wildman–Crippen MR) is 89.7 cm³/mol. The molecular formula is C17H16F4N6O. The van der Waals surface area contributed by atoms with Crippen molar-refractivity contribution in [1.82, 2.24) is 19.5 Å². The third kappa shape index (κ3) is 3.42. The van der Waals surface area contributed by atoms with E-state index in [1.165, 1.54) is 16.6 Å². The highest BCUT2D eigenvalue weighted by Gasteiger charge is 2.42. The van der Waals surface area contributed by atoms with Crippen molar-refractivity contribution in [2.45, 2.75) is 25.1 Å². The van der Waals surface area contributed by atoms with Gasteiger partial charge in [-0.15, -0.1) is 5.10 Å². The van der Waals surface area contributed by atoms with Gasteiger partial charge >= 0.3 is 6.18 Å². The summed E-state index contributed by atoms with van der Waals surface area (Å²) in [5, 5.41) is 16.7.